The summed E-state index contributed by atoms with van der Waals surface area (Å²) in [7, 11) is 0. The zero-order valence-electron chi connectivity index (χ0n) is 10.6. The molecule has 0 atom stereocenters. The molecule has 0 saturated carbocycles. The SMILES string of the molecule is Cc1ccc(C(=O)Nc2ccc(Cl)c(Br)c2)cc1C. The molecular formula is C15H13BrClNO. The van der Waals surface area contributed by atoms with Crippen LogP contribution in [0.15, 0.2) is 40.9 Å². The molecule has 0 aliphatic rings. The van der Waals surface area contributed by atoms with E-state index in [2.05, 4.69) is 21.2 Å². The van der Waals surface area contributed by atoms with E-state index >= 15 is 0 Å². The van der Waals surface area contributed by atoms with Gasteiger partial charge >= 0.3 is 0 Å². The van der Waals surface area contributed by atoms with E-state index in [4.69, 9.17) is 11.6 Å². The number of nitrogens with one attached hydrogen (secondary N) is 1. The van der Waals surface area contributed by atoms with Crippen LogP contribution in [0.3, 0.4) is 0 Å². The Morgan fingerprint density at radius 2 is 1.84 bits per heavy atom. The summed E-state index contributed by atoms with van der Waals surface area (Å²) in [5.41, 5.74) is 3.63. The van der Waals surface area contributed by atoms with E-state index in [1.54, 1.807) is 18.2 Å². The Morgan fingerprint density at radius 1 is 1.11 bits per heavy atom. The standard InChI is InChI=1S/C15H13BrClNO/c1-9-3-4-11(7-10(9)2)15(19)18-12-5-6-14(17)13(16)8-12/h3-8H,1-2H3,(H,18,19). The van der Waals surface area contributed by atoms with E-state index in [9.17, 15) is 4.79 Å². The van der Waals surface area contributed by atoms with Crippen molar-refractivity contribution in [1.29, 1.82) is 0 Å². The number of carbonyl (C=O) groups excluding carboxylic acids is 1. The van der Waals surface area contributed by atoms with Crippen LogP contribution in [0.5, 0.6) is 0 Å². The molecule has 1 amide bonds. The van der Waals surface area contributed by atoms with Gasteiger partial charge in [-0.3, -0.25) is 4.79 Å². The lowest BCUT2D eigenvalue weighted by molar-refractivity contribution is 0.102. The van der Waals surface area contributed by atoms with Crippen molar-refractivity contribution in [3.05, 3.63) is 62.6 Å². The fourth-order valence-corrected chi connectivity index (χ4v) is 2.16. The number of anilines is 1. The molecule has 0 spiro atoms. The average Bonchev–Trinajstić information content (AvgIpc) is 2.37. The fourth-order valence-electron chi connectivity index (χ4n) is 1.66. The Bertz CT molecular complexity index is 640. The molecular weight excluding hydrogens is 326 g/mol. The van der Waals surface area contributed by atoms with Gasteiger partial charge in [0.25, 0.3) is 5.91 Å². The number of benzene rings is 2. The lowest BCUT2D eigenvalue weighted by atomic mass is 10.1. The van der Waals surface area contributed by atoms with Crippen molar-refractivity contribution < 1.29 is 4.79 Å². The summed E-state index contributed by atoms with van der Waals surface area (Å²) in [6.45, 7) is 4.01. The van der Waals surface area contributed by atoms with Crippen molar-refractivity contribution in [2.24, 2.45) is 0 Å². The average molecular weight is 339 g/mol. The number of amides is 1. The Kier molecular flexibility index (Phi) is 4.27. The maximum atomic E-state index is 12.1. The molecule has 19 heavy (non-hydrogen) atoms. The van der Waals surface area contributed by atoms with Gasteiger partial charge in [-0.05, 0) is 71.2 Å². The third kappa shape index (κ3) is 3.37. The maximum absolute atomic E-state index is 12.1. The third-order valence-electron chi connectivity index (χ3n) is 2.95. The van der Waals surface area contributed by atoms with Gasteiger partial charge < -0.3 is 5.32 Å². The lowest BCUT2D eigenvalue weighted by Crippen LogP contribution is -2.12. The molecule has 4 heteroatoms. The van der Waals surface area contributed by atoms with E-state index in [0.29, 0.717) is 16.3 Å². The molecule has 0 saturated heterocycles. The quantitative estimate of drug-likeness (QED) is 0.823. The molecule has 0 aliphatic carbocycles. The molecule has 98 valence electrons. The Morgan fingerprint density at radius 3 is 2.47 bits per heavy atom. The van der Waals surface area contributed by atoms with Gasteiger partial charge in [-0.1, -0.05) is 17.7 Å². The number of rotatable bonds is 2. The van der Waals surface area contributed by atoms with Crippen molar-refractivity contribution in [2.45, 2.75) is 13.8 Å². The molecule has 0 radical (unpaired) electrons. The first-order valence-electron chi connectivity index (χ1n) is 5.81. The monoisotopic (exact) mass is 337 g/mol. The molecule has 0 bridgehead atoms. The van der Waals surface area contributed by atoms with Gasteiger partial charge in [0.2, 0.25) is 0 Å². The van der Waals surface area contributed by atoms with E-state index in [1.165, 1.54) is 5.56 Å². The van der Waals surface area contributed by atoms with E-state index in [1.807, 2.05) is 32.0 Å². The van der Waals surface area contributed by atoms with Crippen molar-refractivity contribution in [3.8, 4) is 0 Å². The highest BCUT2D eigenvalue weighted by atomic mass is 79.9. The zero-order valence-corrected chi connectivity index (χ0v) is 13.0. The summed E-state index contributed by atoms with van der Waals surface area (Å²) in [6.07, 6.45) is 0. The van der Waals surface area contributed by atoms with E-state index in [-0.39, 0.29) is 5.91 Å². The van der Waals surface area contributed by atoms with Crippen LogP contribution in [0.25, 0.3) is 0 Å². The van der Waals surface area contributed by atoms with E-state index < -0.39 is 0 Å². The van der Waals surface area contributed by atoms with E-state index in [0.717, 1.165) is 10.0 Å². The van der Waals surface area contributed by atoms with Crippen LogP contribution in [0, 0.1) is 13.8 Å². The van der Waals surface area contributed by atoms with Crippen molar-refractivity contribution >= 4 is 39.1 Å². The molecule has 2 aromatic rings. The highest BCUT2D eigenvalue weighted by Crippen LogP contribution is 2.25. The van der Waals surface area contributed by atoms with Crippen LogP contribution in [0.4, 0.5) is 5.69 Å². The first-order chi connectivity index (χ1) is 8.97. The minimum atomic E-state index is -0.127. The number of halogens is 2. The molecule has 2 aromatic carbocycles. The van der Waals surface area contributed by atoms with Gasteiger partial charge in [-0.25, -0.2) is 0 Å². The first-order valence-corrected chi connectivity index (χ1v) is 6.98. The summed E-state index contributed by atoms with van der Waals surface area (Å²) in [5.74, 6) is -0.127. The third-order valence-corrected chi connectivity index (χ3v) is 4.16. The van der Waals surface area contributed by atoms with Gasteiger partial charge in [0.05, 0.1) is 5.02 Å². The predicted molar refractivity (Wildman–Crippen MR) is 83.0 cm³/mol. The Hall–Kier alpha value is -1.32. The van der Waals surface area contributed by atoms with Crippen LogP contribution in [0.1, 0.15) is 21.5 Å². The summed E-state index contributed by atoms with van der Waals surface area (Å²) >= 11 is 9.24. The molecule has 0 aromatic heterocycles. The van der Waals surface area contributed by atoms with Crippen LogP contribution in [-0.2, 0) is 0 Å². The molecule has 0 unspecified atom stereocenters. The largest absolute Gasteiger partial charge is 0.322 e. The number of carbonyl (C=O) groups is 1. The van der Waals surface area contributed by atoms with Crippen molar-refractivity contribution in [3.63, 3.8) is 0 Å². The first kappa shape index (κ1) is 14.1. The summed E-state index contributed by atoms with van der Waals surface area (Å²) in [5, 5.41) is 3.46. The lowest BCUT2D eigenvalue weighted by Gasteiger charge is -2.08. The summed E-state index contributed by atoms with van der Waals surface area (Å²) < 4.78 is 0.757. The van der Waals surface area contributed by atoms with Gasteiger partial charge in [-0.15, -0.1) is 0 Å². The molecule has 2 nitrogen and oxygen atoms in total. The topological polar surface area (TPSA) is 29.1 Å². The second-order valence-corrected chi connectivity index (χ2v) is 5.64. The smallest absolute Gasteiger partial charge is 0.255 e. The minimum absolute atomic E-state index is 0.127. The van der Waals surface area contributed by atoms with Crippen molar-refractivity contribution in [1.82, 2.24) is 0 Å². The highest BCUT2D eigenvalue weighted by Gasteiger charge is 2.08. The van der Waals surface area contributed by atoms with Crippen LogP contribution < -0.4 is 5.32 Å². The number of aryl methyl sites for hydroxylation is 2. The van der Waals surface area contributed by atoms with Crippen molar-refractivity contribution in [2.75, 3.05) is 5.32 Å². The van der Waals surface area contributed by atoms with Gasteiger partial charge in [0.1, 0.15) is 0 Å². The Labute approximate surface area is 125 Å². The van der Waals surface area contributed by atoms with Gasteiger partial charge in [-0.2, -0.15) is 0 Å². The molecule has 1 N–H and O–H groups in total. The Balaban J connectivity index is 2.20. The molecule has 2 rings (SSSR count). The van der Waals surface area contributed by atoms with Crippen LogP contribution in [0.2, 0.25) is 5.02 Å². The molecule has 0 aliphatic heterocycles. The molecule has 0 heterocycles. The normalized spacial score (nSPS) is 10.3. The van der Waals surface area contributed by atoms with Crippen LogP contribution in [-0.4, -0.2) is 5.91 Å². The number of hydrogen-bond donors (Lipinski definition) is 1. The minimum Gasteiger partial charge on any atom is -0.322 e. The fraction of sp³-hybridized carbons (Fsp3) is 0.133. The summed E-state index contributed by atoms with van der Waals surface area (Å²) in [6, 6.07) is 10.9. The maximum Gasteiger partial charge on any atom is 0.255 e. The van der Waals surface area contributed by atoms with Gasteiger partial charge in [0, 0.05) is 15.7 Å². The van der Waals surface area contributed by atoms with Gasteiger partial charge in [0.15, 0.2) is 0 Å². The predicted octanol–water partition coefficient (Wildman–Crippen LogP) is 4.97. The van der Waals surface area contributed by atoms with Crippen LogP contribution >= 0.6 is 27.5 Å². The second-order valence-electron chi connectivity index (χ2n) is 4.38. The number of hydrogen-bond acceptors (Lipinski definition) is 1. The summed E-state index contributed by atoms with van der Waals surface area (Å²) in [4.78, 5) is 12.1. The second kappa shape index (κ2) is 5.76. The molecule has 0 fully saturated rings. The zero-order chi connectivity index (χ0) is 14.0. The highest BCUT2D eigenvalue weighted by molar-refractivity contribution is 9.10.